The fourth-order valence-electron chi connectivity index (χ4n) is 5.56. The number of aromatic nitrogens is 4. The first-order chi connectivity index (χ1) is 21.9. The van der Waals surface area contributed by atoms with Crippen molar-refractivity contribution in [3.05, 3.63) is 72.6 Å². The zero-order chi connectivity index (χ0) is 33.4. The molecule has 2 heterocycles. The molecule has 0 radical (unpaired) electrons. The van der Waals surface area contributed by atoms with Crippen molar-refractivity contribution in [1.29, 1.82) is 0 Å². The predicted molar refractivity (Wildman–Crippen MR) is 186 cm³/mol. The van der Waals surface area contributed by atoms with Gasteiger partial charge in [-0.05, 0) is 34.8 Å². The van der Waals surface area contributed by atoms with Crippen molar-refractivity contribution in [3.8, 4) is 33.6 Å². The molecule has 2 aromatic carbocycles. The van der Waals surface area contributed by atoms with Crippen LogP contribution < -0.4 is 0 Å². The van der Waals surface area contributed by atoms with Gasteiger partial charge in [0.1, 0.15) is 11.6 Å². The Hall–Kier alpha value is -4.20. The summed E-state index contributed by atoms with van der Waals surface area (Å²) in [5.74, 6) is 3.36. The minimum absolute atomic E-state index is 0.173. The van der Waals surface area contributed by atoms with E-state index < -0.39 is 0 Å². The molecule has 0 saturated carbocycles. The van der Waals surface area contributed by atoms with Crippen LogP contribution in [0, 0.1) is 23.7 Å². The molecule has 0 fully saturated rings. The summed E-state index contributed by atoms with van der Waals surface area (Å²) in [5.41, 5.74) is 6.01. The molecule has 4 rings (SSSR count). The lowest BCUT2D eigenvalue weighted by Gasteiger charge is -2.24. The quantitative estimate of drug-likeness (QED) is 0.139. The van der Waals surface area contributed by atoms with E-state index in [1.165, 1.54) is 0 Å². The lowest BCUT2D eigenvalue weighted by molar-refractivity contribution is -0.134. The van der Waals surface area contributed by atoms with Crippen LogP contribution in [0.5, 0.6) is 0 Å². The zero-order valence-corrected chi connectivity index (χ0v) is 28.9. The number of hydrogen-bond donors (Lipinski definition) is 2. The molecule has 0 aliphatic carbocycles. The third-order valence-electron chi connectivity index (χ3n) is 7.68. The van der Waals surface area contributed by atoms with Crippen LogP contribution in [0.4, 0.5) is 0 Å². The van der Waals surface area contributed by atoms with E-state index in [0.717, 1.165) is 45.3 Å². The number of hydrogen-bond acceptors (Lipinski definition) is 4. The molecule has 46 heavy (non-hydrogen) atoms. The van der Waals surface area contributed by atoms with E-state index in [1.807, 2.05) is 22.2 Å². The van der Waals surface area contributed by atoms with Crippen LogP contribution in [0.25, 0.3) is 33.6 Å². The zero-order valence-electron chi connectivity index (χ0n) is 28.9. The van der Waals surface area contributed by atoms with Crippen molar-refractivity contribution >= 4 is 11.8 Å². The topological polar surface area (TPSA) is 98.0 Å². The van der Waals surface area contributed by atoms with Crippen LogP contribution >= 0.6 is 0 Å². The Morgan fingerprint density at radius 3 is 1.17 bits per heavy atom. The number of aromatic amines is 2. The van der Waals surface area contributed by atoms with Crippen LogP contribution in [0.3, 0.4) is 0 Å². The van der Waals surface area contributed by atoms with Gasteiger partial charge in [0.2, 0.25) is 11.8 Å². The van der Waals surface area contributed by atoms with E-state index in [0.29, 0.717) is 62.7 Å². The molecule has 2 amide bonds. The standard InChI is InChI=1S/C38H52N6O2/c1-25(2)17-37(45)43(21-27(5)6)23-35-39-19-33(41-35)31-13-9-29(10-14-31)30-11-15-32(16-12-30)34-20-40-36(42-34)24-44(22-28(7)8)38(46)18-26(3)4/h9-16,19-20,25-28H,17-18,21-24H2,1-8H3,(H,39,41)(H,40,42). The number of H-pyrrole nitrogens is 2. The summed E-state index contributed by atoms with van der Waals surface area (Å²) < 4.78 is 0. The number of carbonyl (C=O) groups excluding carboxylic acids is 2. The Balaban J connectivity index is 1.41. The molecule has 2 aromatic heterocycles. The molecule has 0 spiro atoms. The average Bonchev–Trinajstić information content (AvgIpc) is 3.66. The molecule has 0 bridgehead atoms. The van der Waals surface area contributed by atoms with Crippen LogP contribution in [-0.4, -0.2) is 54.6 Å². The number of amides is 2. The maximum Gasteiger partial charge on any atom is 0.223 e. The van der Waals surface area contributed by atoms with Gasteiger partial charge in [-0.2, -0.15) is 0 Å². The second-order valence-corrected chi connectivity index (χ2v) is 14.2. The predicted octanol–water partition coefficient (Wildman–Crippen LogP) is 8.20. The highest BCUT2D eigenvalue weighted by atomic mass is 16.2. The van der Waals surface area contributed by atoms with Gasteiger partial charge in [0, 0.05) is 49.5 Å². The first kappa shape index (κ1) is 34.7. The highest BCUT2D eigenvalue weighted by molar-refractivity contribution is 5.77. The van der Waals surface area contributed by atoms with Crippen molar-refractivity contribution in [2.45, 2.75) is 81.3 Å². The summed E-state index contributed by atoms with van der Waals surface area (Å²) in [7, 11) is 0. The Kier molecular flexibility index (Phi) is 12.0. The van der Waals surface area contributed by atoms with E-state index in [4.69, 9.17) is 9.97 Å². The number of rotatable bonds is 15. The number of nitrogens with zero attached hydrogens (tertiary/aromatic N) is 4. The van der Waals surface area contributed by atoms with Crippen LogP contribution in [-0.2, 0) is 22.7 Å². The highest BCUT2D eigenvalue weighted by Crippen LogP contribution is 2.27. The summed E-state index contributed by atoms with van der Waals surface area (Å²) in [5, 5.41) is 0. The normalized spacial score (nSPS) is 11.7. The van der Waals surface area contributed by atoms with E-state index in [2.05, 4.69) is 114 Å². The molecule has 8 nitrogen and oxygen atoms in total. The maximum atomic E-state index is 12.8. The lowest BCUT2D eigenvalue weighted by atomic mass is 10.0. The molecule has 2 N–H and O–H groups in total. The summed E-state index contributed by atoms with van der Waals surface area (Å²) >= 11 is 0. The van der Waals surface area contributed by atoms with Crippen LogP contribution in [0.1, 0.15) is 79.9 Å². The van der Waals surface area contributed by atoms with E-state index in [1.54, 1.807) is 0 Å². The third kappa shape index (κ3) is 9.90. The summed E-state index contributed by atoms with van der Waals surface area (Å²) in [6.45, 7) is 19.2. The van der Waals surface area contributed by atoms with Gasteiger partial charge in [0.05, 0.1) is 24.5 Å². The summed E-state index contributed by atoms with van der Waals surface area (Å²) in [6, 6.07) is 16.8. The molecule has 8 heteroatoms. The van der Waals surface area contributed by atoms with E-state index in [-0.39, 0.29) is 11.8 Å². The SMILES string of the molecule is CC(C)CC(=O)N(Cc1nc(-c2ccc(-c3ccc(-c4c[nH]c(CN(CC(C)C)C(=O)CC(C)C)n4)cc3)cc2)c[nH]1)CC(C)C. The van der Waals surface area contributed by atoms with E-state index >= 15 is 0 Å². The second-order valence-electron chi connectivity index (χ2n) is 14.2. The van der Waals surface area contributed by atoms with Crippen LogP contribution in [0.2, 0.25) is 0 Å². The molecule has 0 saturated heterocycles. The van der Waals surface area contributed by atoms with Crippen molar-refractivity contribution in [2.75, 3.05) is 13.1 Å². The molecule has 4 aromatic rings. The van der Waals surface area contributed by atoms with Gasteiger partial charge in [-0.15, -0.1) is 0 Å². The Labute approximate surface area is 275 Å². The molecule has 0 unspecified atom stereocenters. The van der Waals surface area contributed by atoms with Gasteiger partial charge in [0.25, 0.3) is 0 Å². The smallest absolute Gasteiger partial charge is 0.223 e. The molecule has 0 atom stereocenters. The first-order valence-electron chi connectivity index (χ1n) is 16.7. The lowest BCUT2D eigenvalue weighted by Crippen LogP contribution is -2.34. The molecular formula is C38H52N6O2. The first-order valence-corrected chi connectivity index (χ1v) is 16.7. The monoisotopic (exact) mass is 624 g/mol. The fraction of sp³-hybridized carbons (Fsp3) is 0.474. The van der Waals surface area contributed by atoms with Crippen molar-refractivity contribution in [3.63, 3.8) is 0 Å². The largest absolute Gasteiger partial charge is 0.346 e. The Morgan fingerprint density at radius 1 is 0.543 bits per heavy atom. The number of benzene rings is 2. The van der Waals surface area contributed by atoms with Gasteiger partial charge in [0.15, 0.2) is 0 Å². The second kappa shape index (κ2) is 15.9. The third-order valence-corrected chi connectivity index (χ3v) is 7.68. The van der Waals surface area contributed by atoms with Gasteiger partial charge >= 0.3 is 0 Å². The Bertz CT molecular complexity index is 1430. The molecule has 246 valence electrons. The van der Waals surface area contributed by atoms with Gasteiger partial charge in [-0.1, -0.05) is 104 Å². The van der Waals surface area contributed by atoms with Crippen LogP contribution in [0.15, 0.2) is 60.9 Å². The van der Waals surface area contributed by atoms with Gasteiger partial charge < -0.3 is 19.8 Å². The Morgan fingerprint density at radius 2 is 0.870 bits per heavy atom. The maximum absolute atomic E-state index is 12.8. The van der Waals surface area contributed by atoms with Crippen molar-refractivity contribution in [1.82, 2.24) is 29.7 Å². The van der Waals surface area contributed by atoms with Crippen molar-refractivity contribution in [2.24, 2.45) is 23.7 Å². The number of imidazole rings is 2. The van der Waals surface area contributed by atoms with Crippen molar-refractivity contribution < 1.29 is 9.59 Å². The average molecular weight is 625 g/mol. The van der Waals surface area contributed by atoms with E-state index in [9.17, 15) is 9.59 Å². The number of nitrogens with one attached hydrogen (secondary N) is 2. The minimum atomic E-state index is 0.173. The number of carbonyl (C=O) groups is 2. The summed E-state index contributed by atoms with van der Waals surface area (Å²) in [4.78, 5) is 45.7. The molecular weight excluding hydrogens is 572 g/mol. The fourth-order valence-corrected chi connectivity index (χ4v) is 5.56. The van der Waals surface area contributed by atoms with Gasteiger partial charge in [-0.25, -0.2) is 9.97 Å². The molecule has 0 aliphatic rings. The molecule has 0 aliphatic heterocycles. The summed E-state index contributed by atoms with van der Waals surface area (Å²) in [6.07, 6.45) is 4.92. The minimum Gasteiger partial charge on any atom is -0.346 e. The highest BCUT2D eigenvalue weighted by Gasteiger charge is 2.20. The van der Waals surface area contributed by atoms with Gasteiger partial charge in [-0.3, -0.25) is 9.59 Å².